The quantitative estimate of drug-likeness (QED) is 0.754. The highest BCUT2D eigenvalue weighted by Crippen LogP contribution is 2.18. The summed E-state index contributed by atoms with van der Waals surface area (Å²) in [5.41, 5.74) is 2.42. The second-order valence-electron chi connectivity index (χ2n) is 6.57. The number of amides is 2. The zero-order valence-corrected chi connectivity index (χ0v) is 15.4. The smallest absolute Gasteiger partial charge is 0.321 e. The number of piperazine rings is 1. The number of rotatable bonds is 3. The van der Waals surface area contributed by atoms with Crippen molar-refractivity contribution in [3.63, 3.8) is 0 Å². The molecule has 1 aliphatic rings. The Morgan fingerprint density at radius 2 is 1.79 bits per heavy atom. The van der Waals surface area contributed by atoms with E-state index in [4.69, 9.17) is 0 Å². The van der Waals surface area contributed by atoms with Gasteiger partial charge in [-0.05, 0) is 59.8 Å². The average molecular weight is 381 g/mol. The summed E-state index contributed by atoms with van der Waals surface area (Å²) in [4.78, 5) is 16.5. The lowest BCUT2D eigenvalue weighted by Crippen LogP contribution is -2.50. The van der Waals surface area contributed by atoms with Crippen molar-refractivity contribution in [3.8, 4) is 5.69 Å². The Bertz CT molecular complexity index is 964. The number of nitrogens with one attached hydrogen (secondary N) is 1. The Hall–Kier alpha value is -3.49. The lowest BCUT2D eigenvalue weighted by Gasteiger charge is -2.36. The number of aryl methyl sites for hydroxylation is 1. The Kier molecular flexibility index (Phi) is 4.88. The third-order valence-electron chi connectivity index (χ3n) is 4.73. The molecule has 4 rings (SSSR count). The van der Waals surface area contributed by atoms with Gasteiger partial charge in [0.1, 0.15) is 5.82 Å². The van der Waals surface area contributed by atoms with Crippen molar-refractivity contribution >= 4 is 17.4 Å². The molecule has 3 aromatic rings. The lowest BCUT2D eigenvalue weighted by molar-refractivity contribution is 0.208. The number of aromatic nitrogens is 4. The summed E-state index contributed by atoms with van der Waals surface area (Å²) in [6.45, 7) is 4.39. The van der Waals surface area contributed by atoms with E-state index in [9.17, 15) is 9.18 Å². The molecule has 1 aliphatic heterocycles. The first-order valence-electron chi connectivity index (χ1n) is 9.02. The molecule has 1 aromatic heterocycles. The van der Waals surface area contributed by atoms with Gasteiger partial charge in [-0.3, -0.25) is 0 Å². The van der Waals surface area contributed by atoms with E-state index in [-0.39, 0.29) is 11.8 Å². The summed E-state index contributed by atoms with van der Waals surface area (Å²) in [6, 6.07) is 13.7. The number of anilines is 2. The van der Waals surface area contributed by atoms with Crippen LogP contribution in [0, 0.1) is 12.7 Å². The van der Waals surface area contributed by atoms with Gasteiger partial charge in [0, 0.05) is 37.6 Å². The van der Waals surface area contributed by atoms with Crippen LogP contribution in [0.25, 0.3) is 5.69 Å². The molecule has 0 radical (unpaired) electrons. The van der Waals surface area contributed by atoms with Crippen LogP contribution in [0.3, 0.4) is 0 Å². The molecule has 28 heavy (non-hydrogen) atoms. The van der Waals surface area contributed by atoms with Crippen molar-refractivity contribution in [2.24, 2.45) is 0 Å². The summed E-state index contributed by atoms with van der Waals surface area (Å²) in [5.74, 6) is 0.418. The highest BCUT2D eigenvalue weighted by molar-refractivity contribution is 5.89. The van der Waals surface area contributed by atoms with Gasteiger partial charge in [-0.1, -0.05) is 6.07 Å². The lowest BCUT2D eigenvalue weighted by atomic mass is 10.2. The largest absolute Gasteiger partial charge is 0.368 e. The first-order valence-corrected chi connectivity index (χ1v) is 9.02. The molecule has 1 saturated heterocycles. The number of hydrogen-bond donors (Lipinski definition) is 1. The van der Waals surface area contributed by atoms with Crippen LogP contribution in [0.15, 0.2) is 48.5 Å². The second-order valence-corrected chi connectivity index (χ2v) is 6.57. The van der Waals surface area contributed by atoms with Crippen molar-refractivity contribution in [2.45, 2.75) is 6.92 Å². The van der Waals surface area contributed by atoms with E-state index < -0.39 is 0 Å². The zero-order chi connectivity index (χ0) is 19.5. The highest BCUT2D eigenvalue weighted by atomic mass is 19.1. The predicted octanol–water partition coefficient (Wildman–Crippen LogP) is 2.46. The Morgan fingerprint density at radius 3 is 2.46 bits per heavy atom. The number of halogens is 1. The van der Waals surface area contributed by atoms with E-state index >= 15 is 0 Å². The van der Waals surface area contributed by atoms with Gasteiger partial charge in [0.2, 0.25) is 0 Å². The summed E-state index contributed by atoms with van der Waals surface area (Å²) in [5, 5.41) is 14.4. The van der Waals surface area contributed by atoms with Gasteiger partial charge in [-0.25, -0.2) is 9.18 Å². The summed E-state index contributed by atoms with van der Waals surface area (Å²) >= 11 is 0. The third-order valence-corrected chi connectivity index (χ3v) is 4.73. The van der Waals surface area contributed by atoms with Crippen LogP contribution in [0.1, 0.15) is 5.82 Å². The van der Waals surface area contributed by atoms with E-state index in [1.54, 1.807) is 21.7 Å². The zero-order valence-electron chi connectivity index (χ0n) is 15.4. The molecular formula is C19H20FN7O. The third kappa shape index (κ3) is 3.78. The van der Waals surface area contributed by atoms with Crippen LogP contribution in [0.2, 0.25) is 0 Å². The molecule has 9 heteroatoms. The van der Waals surface area contributed by atoms with Crippen molar-refractivity contribution < 1.29 is 9.18 Å². The molecule has 8 nitrogen and oxygen atoms in total. The normalized spacial score (nSPS) is 14.2. The molecule has 2 aromatic carbocycles. The molecule has 144 valence electrons. The summed E-state index contributed by atoms with van der Waals surface area (Å²) in [7, 11) is 0. The molecule has 0 atom stereocenters. The topological polar surface area (TPSA) is 79.2 Å². The van der Waals surface area contributed by atoms with Gasteiger partial charge in [0.05, 0.1) is 5.69 Å². The maximum atomic E-state index is 13.1. The van der Waals surface area contributed by atoms with Crippen LogP contribution < -0.4 is 10.2 Å². The van der Waals surface area contributed by atoms with Gasteiger partial charge < -0.3 is 15.1 Å². The monoisotopic (exact) mass is 381 g/mol. The Morgan fingerprint density at radius 1 is 1.04 bits per heavy atom. The maximum absolute atomic E-state index is 13.1. The fraction of sp³-hybridized carbons (Fsp3) is 0.263. The first-order chi connectivity index (χ1) is 13.6. The fourth-order valence-corrected chi connectivity index (χ4v) is 3.21. The van der Waals surface area contributed by atoms with Crippen LogP contribution in [0.4, 0.5) is 20.6 Å². The van der Waals surface area contributed by atoms with Crippen molar-refractivity contribution in [3.05, 3.63) is 60.2 Å². The predicted molar refractivity (Wildman–Crippen MR) is 103 cm³/mol. The minimum atomic E-state index is -0.249. The van der Waals surface area contributed by atoms with Gasteiger partial charge in [0.15, 0.2) is 5.82 Å². The minimum Gasteiger partial charge on any atom is -0.368 e. The van der Waals surface area contributed by atoms with E-state index in [2.05, 4.69) is 25.7 Å². The molecule has 0 bridgehead atoms. The fourth-order valence-electron chi connectivity index (χ4n) is 3.21. The van der Waals surface area contributed by atoms with E-state index in [0.29, 0.717) is 37.7 Å². The van der Waals surface area contributed by atoms with Crippen LogP contribution in [-0.4, -0.2) is 57.3 Å². The number of carbonyl (C=O) groups is 1. The maximum Gasteiger partial charge on any atom is 0.321 e. The number of nitrogens with zero attached hydrogens (tertiary/aromatic N) is 6. The molecule has 0 aliphatic carbocycles. The molecule has 2 amide bonds. The molecule has 1 fully saturated rings. The van der Waals surface area contributed by atoms with E-state index in [1.807, 2.05) is 31.2 Å². The van der Waals surface area contributed by atoms with Crippen molar-refractivity contribution in [1.82, 2.24) is 25.1 Å². The first kappa shape index (κ1) is 17.9. The SMILES string of the molecule is Cc1nnnn1-c1cccc(NC(=O)N2CCN(c3ccc(F)cc3)CC2)c1. The van der Waals surface area contributed by atoms with Crippen LogP contribution in [0.5, 0.6) is 0 Å². The number of hydrogen-bond acceptors (Lipinski definition) is 5. The summed E-state index contributed by atoms with van der Waals surface area (Å²) in [6.07, 6.45) is 0. The van der Waals surface area contributed by atoms with Crippen molar-refractivity contribution in [1.29, 1.82) is 0 Å². The molecule has 0 spiro atoms. The van der Waals surface area contributed by atoms with Crippen LogP contribution in [-0.2, 0) is 0 Å². The molecule has 2 heterocycles. The summed E-state index contributed by atoms with van der Waals surface area (Å²) < 4.78 is 14.7. The standard InChI is InChI=1S/C19H20FN7O/c1-14-22-23-24-27(14)18-4-2-3-16(13-18)21-19(28)26-11-9-25(10-12-26)17-7-5-15(20)6-8-17/h2-8,13H,9-12H2,1H3,(H,21,28). The number of urea groups is 1. The van der Waals surface area contributed by atoms with Crippen molar-refractivity contribution in [2.75, 3.05) is 36.4 Å². The number of benzene rings is 2. The molecular weight excluding hydrogens is 361 g/mol. The van der Waals surface area contributed by atoms with Gasteiger partial charge in [-0.15, -0.1) is 5.10 Å². The van der Waals surface area contributed by atoms with E-state index in [0.717, 1.165) is 11.4 Å². The number of carbonyl (C=O) groups excluding carboxylic acids is 1. The minimum absolute atomic E-state index is 0.149. The Balaban J connectivity index is 1.37. The molecule has 0 saturated carbocycles. The number of tetrazole rings is 1. The van der Waals surface area contributed by atoms with Gasteiger partial charge in [-0.2, -0.15) is 4.68 Å². The van der Waals surface area contributed by atoms with Gasteiger partial charge >= 0.3 is 6.03 Å². The van der Waals surface area contributed by atoms with Gasteiger partial charge in [0.25, 0.3) is 0 Å². The van der Waals surface area contributed by atoms with E-state index in [1.165, 1.54) is 12.1 Å². The van der Waals surface area contributed by atoms with Crippen LogP contribution >= 0.6 is 0 Å². The molecule has 0 unspecified atom stereocenters. The highest BCUT2D eigenvalue weighted by Gasteiger charge is 2.21. The average Bonchev–Trinajstić information content (AvgIpc) is 3.15. The second kappa shape index (κ2) is 7.63. The molecule has 1 N–H and O–H groups in total. The Labute approximate surface area is 161 Å².